The van der Waals surface area contributed by atoms with Crippen molar-refractivity contribution in [2.75, 3.05) is 18.1 Å². The van der Waals surface area contributed by atoms with Crippen molar-refractivity contribution >= 4 is 15.7 Å². The van der Waals surface area contributed by atoms with E-state index in [9.17, 15) is 13.2 Å². The van der Waals surface area contributed by atoms with Gasteiger partial charge in [-0.2, -0.15) is 0 Å². The number of sulfone groups is 1. The molecule has 1 rings (SSSR count). The van der Waals surface area contributed by atoms with Crippen molar-refractivity contribution in [3.05, 3.63) is 0 Å². The third-order valence-electron chi connectivity index (χ3n) is 3.24. The molecule has 1 fully saturated rings. The highest BCUT2D eigenvalue weighted by Gasteiger charge is 2.26. The van der Waals surface area contributed by atoms with E-state index in [2.05, 4.69) is 5.32 Å². The van der Waals surface area contributed by atoms with Gasteiger partial charge < -0.3 is 11.1 Å². The highest BCUT2D eigenvalue weighted by molar-refractivity contribution is 7.92. The minimum absolute atomic E-state index is 0.0719. The van der Waals surface area contributed by atoms with Gasteiger partial charge in [-0.25, -0.2) is 8.42 Å². The molecule has 0 heterocycles. The molecule has 2 atom stereocenters. The van der Waals surface area contributed by atoms with Crippen LogP contribution in [0.25, 0.3) is 0 Å². The fraction of sp³-hybridized carbons (Fsp3) is 0.909. The summed E-state index contributed by atoms with van der Waals surface area (Å²) >= 11 is 0. The number of carbonyl (C=O) groups is 1. The highest BCUT2D eigenvalue weighted by atomic mass is 32.2. The summed E-state index contributed by atoms with van der Waals surface area (Å²) in [5.74, 6) is -0.437. The van der Waals surface area contributed by atoms with Crippen LogP contribution in [0.1, 0.15) is 32.6 Å². The van der Waals surface area contributed by atoms with Gasteiger partial charge in [0.2, 0.25) is 5.91 Å². The molecule has 5 nitrogen and oxygen atoms in total. The van der Waals surface area contributed by atoms with Crippen LogP contribution in [-0.2, 0) is 14.6 Å². The Balaban J connectivity index is 2.36. The van der Waals surface area contributed by atoms with Gasteiger partial charge in [0.15, 0.2) is 9.84 Å². The molecule has 1 aliphatic rings. The molecule has 0 aromatic carbocycles. The van der Waals surface area contributed by atoms with Crippen LogP contribution in [0.15, 0.2) is 0 Å². The number of nitrogens with two attached hydrogens (primary N) is 1. The minimum Gasteiger partial charge on any atom is -0.356 e. The van der Waals surface area contributed by atoms with Gasteiger partial charge in [0.1, 0.15) is 5.75 Å². The topological polar surface area (TPSA) is 89.3 Å². The van der Waals surface area contributed by atoms with Crippen molar-refractivity contribution < 1.29 is 13.2 Å². The molecule has 0 bridgehead atoms. The van der Waals surface area contributed by atoms with E-state index in [1.807, 2.05) is 0 Å². The summed E-state index contributed by atoms with van der Waals surface area (Å²) in [5.41, 5.74) is 5.88. The van der Waals surface area contributed by atoms with E-state index < -0.39 is 21.5 Å². The molecule has 0 aromatic rings. The van der Waals surface area contributed by atoms with Crippen LogP contribution in [0.5, 0.6) is 0 Å². The van der Waals surface area contributed by atoms with Gasteiger partial charge >= 0.3 is 0 Å². The predicted molar refractivity (Wildman–Crippen MR) is 67.3 cm³/mol. The molecule has 0 spiro atoms. The maximum atomic E-state index is 11.7. The summed E-state index contributed by atoms with van der Waals surface area (Å²) in [5, 5.41) is 2.50. The van der Waals surface area contributed by atoms with Crippen LogP contribution < -0.4 is 11.1 Å². The zero-order valence-corrected chi connectivity index (χ0v) is 11.1. The van der Waals surface area contributed by atoms with Crippen molar-refractivity contribution in [1.82, 2.24) is 5.32 Å². The number of nitrogens with one attached hydrogen (secondary N) is 1. The third kappa shape index (κ3) is 5.04. The zero-order valence-electron chi connectivity index (χ0n) is 10.3. The molecule has 0 saturated heterocycles. The minimum atomic E-state index is -3.28. The number of hydrogen-bond donors (Lipinski definition) is 2. The molecule has 17 heavy (non-hydrogen) atoms. The lowest BCUT2D eigenvalue weighted by Gasteiger charge is -2.14. The van der Waals surface area contributed by atoms with Gasteiger partial charge in [-0.3, -0.25) is 4.79 Å². The molecule has 1 aliphatic carbocycles. The van der Waals surface area contributed by atoms with E-state index in [0.29, 0.717) is 18.9 Å². The van der Waals surface area contributed by atoms with Crippen molar-refractivity contribution in [1.29, 1.82) is 0 Å². The predicted octanol–water partition coefficient (Wildman–Crippen LogP) is 0.0548. The third-order valence-corrected chi connectivity index (χ3v) is 4.80. The van der Waals surface area contributed by atoms with Crippen LogP contribution in [0, 0.1) is 5.92 Å². The lowest BCUT2D eigenvalue weighted by atomic mass is 10.0. The van der Waals surface area contributed by atoms with E-state index in [0.717, 1.165) is 19.3 Å². The fourth-order valence-electron chi connectivity index (χ4n) is 2.27. The maximum Gasteiger partial charge on any atom is 0.235 e. The molecule has 1 saturated carbocycles. The standard InChI is InChI=1S/C11H22N2O3S/c1-2-13-11(14)8-17(15,16)7-6-9-4-3-5-10(9)12/h9-10H,2-8,12H2,1H3,(H,13,14). The molecular weight excluding hydrogens is 240 g/mol. The second kappa shape index (κ2) is 6.35. The van der Waals surface area contributed by atoms with Crippen molar-refractivity contribution in [2.24, 2.45) is 11.7 Å². The SMILES string of the molecule is CCNC(=O)CS(=O)(=O)CCC1CCCC1N. The summed E-state index contributed by atoms with van der Waals surface area (Å²) in [4.78, 5) is 11.2. The van der Waals surface area contributed by atoms with E-state index in [-0.39, 0.29) is 11.8 Å². The number of amides is 1. The molecule has 0 radical (unpaired) electrons. The first-order valence-electron chi connectivity index (χ1n) is 6.17. The molecule has 2 unspecified atom stereocenters. The average Bonchev–Trinajstić information content (AvgIpc) is 2.60. The monoisotopic (exact) mass is 262 g/mol. The van der Waals surface area contributed by atoms with Gasteiger partial charge in [-0.1, -0.05) is 6.42 Å². The van der Waals surface area contributed by atoms with E-state index in [1.165, 1.54) is 0 Å². The van der Waals surface area contributed by atoms with Crippen LogP contribution in [0.2, 0.25) is 0 Å². The number of carbonyl (C=O) groups excluding carboxylic acids is 1. The lowest BCUT2D eigenvalue weighted by Crippen LogP contribution is -2.32. The van der Waals surface area contributed by atoms with Crippen LogP contribution >= 0.6 is 0 Å². The fourth-order valence-corrected chi connectivity index (χ4v) is 3.58. The van der Waals surface area contributed by atoms with Crippen molar-refractivity contribution in [3.63, 3.8) is 0 Å². The Morgan fingerprint density at radius 3 is 2.65 bits per heavy atom. The van der Waals surface area contributed by atoms with Gasteiger partial charge in [0.25, 0.3) is 0 Å². The Labute approximate surface area is 103 Å². The Morgan fingerprint density at radius 1 is 1.41 bits per heavy atom. The molecule has 1 amide bonds. The molecule has 0 aromatic heterocycles. The van der Waals surface area contributed by atoms with E-state index in [1.54, 1.807) is 6.92 Å². The summed E-state index contributed by atoms with van der Waals surface area (Å²) in [6.07, 6.45) is 3.67. The first-order valence-corrected chi connectivity index (χ1v) is 7.99. The van der Waals surface area contributed by atoms with Gasteiger partial charge in [-0.15, -0.1) is 0 Å². The molecule has 3 N–H and O–H groups in total. The van der Waals surface area contributed by atoms with Crippen molar-refractivity contribution in [3.8, 4) is 0 Å². The molecule has 0 aliphatic heterocycles. The summed E-state index contributed by atoms with van der Waals surface area (Å²) in [6.45, 7) is 2.23. The van der Waals surface area contributed by atoms with Crippen LogP contribution in [0.4, 0.5) is 0 Å². The van der Waals surface area contributed by atoms with Crippen molar-refractivity contribution in [2.45, 2.75) is 38.6 Å². The first-order chi connectivity index (χ1) is 7.94. The second-order valence-electron chi connectivity index (χ2n) is 4.69. The average molecular weight is 262 g/mol. The van der Waals surface area contributed by atoms with E-state index in [4.69, 9.17) is 5.73 Å². The van der Waals surface area contributed by atoms with Gasteiger partial charge in [0.05, 0.1) is 5.75 Å². The molecule has 100 valence electrons. The lowest BCUT2D eigenvalue weighted by molar-refractivity contribution is -0.118. The Morgan fingerprint density at radius 2 is 2.12 bits per heavy atom. The zero-order chi connectivity index (χ0) is 12.9. The Kier molecular flexibility index (Phi) is 5.39. The Hall–Kier alpha value is -0.620. The summed E-state index contributed by atoms with van der Waals surface area (Å²) in [6, 6.07) is 0.134. The van der Waals surface area contributed by atoms with Gasteiger partial charge in [-0.05, 0) is 32.1 Å². The van der Waals surface area contributed by atoms with Gasteiger partial charge in [0, 0.05) is 12.6 Å². The smallest absolute Gasteiger partial charge is 0.235 e. The highest BCUT2D eigenvalue weighted by Crippen LogP contribution is 2.27. The Bertz CT molecular complexity index is 354. The molecule has 6 heteroatoms. The largest absolute Gasteiger partial charge is 0.356 e. The quantitative estimate of drug-likeness (QED) is 0.708. The maximum absolute atomic E-state index is 11.7. The van der Waals surface area contributed by atoms with Crippen LogP contribution in [0.3, 0.4) is 0 Å². The second-order valence-corrected chi connectivity index (χ2v) is 6.87. The normalized spacial score (nSPS) is 24.8. The molecular formula is C11H22N2O3S. The number of rotatable bonds is 6. The van der Waals surface area contributed by atoms with E-state index >= 15 is 0 Å². The summed E-state index contributed by atoms with van der Waals surface area (Å²) < 4.78 is 23.4. The first kappa shape index (κ1) is 14.4. The summed E-state index contributed by atoms with van der Waals surface area (Å²) in [7, 11) is -3.28. The van der Waals surface area contributed by atoms with Crippen LogP contribution in [-0.4, -0.2) is 38.4 Å². The number of hydrogen-bond acceptors (Lipinski definition) is 4.